The van der Waals surface area contributed by atoms with Gasteiger partial charge in [0.25, 0.3) is 0 Å². The zero-order valence-electron chi connectivity index (χ0n) is 10.7. The maximum atomic E-state index is 13.8. The van der Waals surface area contributed by atoms with Crippen molar-refractivity contribution in [3.05, 3.63) is 63.4 Å². The molecular weight excluding hydrogens is 300 g/mol. The summed E-state index contributed by atoms with van der Waals surface area (Å²) in [6.07, 6.45) is 0.632. The molecule has 0 atom stereocenters. The first-order valence-electron chi connectivity index (χ1n) is 6.16. The maximum absolute atomic E-state index is 13.8. The lowest BCUT2D eigenvalue weighted by Crippen LogP contribution is -2.04. The van der Waals surface area contributed by atoms with E-state index < -0.39 is 5.82 Å². The third-order valence-corrected chi connectivity index (χ3v) is 3.57. The fourth-order valence-electron chi connectivity index (χ4n) is 1.80. The summed E-state index contributed by atoms with van der Waals surface area (Å²) >= 11 is 12.1. The minimum Gasteiger partial charge on any atom is -0.486 e. The summed E-state index contributed by atoms with van der Waals surface area (Å²) in [6.45, 7) is 0.598. The van der Waals surface area contributed by atoms with E-state index in [2.05, 4.69) is 0 Å². The van der Waals surface area contributed by atoms with Crippen molar-refractivity contribution < 1.29 is 9.13 Å². The lowest BCUT2D eigenvalue weighted by molar-refractivity contribution is 0.290. The minimum absolute atomic E-state index is 0.117. The monoisotopic (exact) mass is 313 g/mol. The van der Waals surface area contributed by atoms with Crippen LogP contribution in [0.1, 0.15) is 11.1 Å². The smallest absolute Gasteiger partial charge is 0.165 e. The first-order valence-corrected chi connectivity index (χ1v) is 6.91. The molecule has 0 unspecified atom stereocenters. The minimum atomic E-state index is -0.417. The Kier molecular flexibility index (Phi) is 5.24. The Morgan fingerprint density at radius 3 is 2.40 bits per heavy atom. The van der Waals surface area contributed by atoms with Gasteiger partial charge in [-0.05, 0) is 42.8 Å². The van der Waals surface area contributed by atoms with Crippen LogP contribution in [0.3, 0.4) is 0 Å². The number of halogens is 3. The number of hydrogen-bond acceptors (Lipinski definition) is 2. The van der Waals surface area contributed by atoms with Gasteiger partial charge in [-0.2, -0.15) is 0 Å². The van der Waals surface area contributed by atoms with E-state index in [4.69, 9.17) is 33.7 Å². The van der Waals surface area contributed by atoms with Crippen molar-refractivity contribution in [2.24, 2.45) is 5.73 Å². The van der Waals surface area contributed by atoms with Gasteiger partial charge in [0.05, 0.1) is 0 Å². The highest BCUT2D eigenvalue weighted by Gasteiger charge is 2.09. The molecule has 0 bridgehead atoms. The Hall–Kier alpha value is -1.29. The molecule has 0 aliphatic carbocycles. The number of hydrogen-bond donors (Lipinski definition) is 1. The summed E-state index contributed by atoms with van der Waals surface area (Å²) in [5, 5.41) is 0.996. The van der Waals surface area contributed by atoms with Crippen molar-refractivity contribution in [1.82, 2.24) is 0 Å². The lowest BCUT2D eigenvalue weighted by Gasteiger charge is -2.11. The molecule has 0 spiro atoms. The standard InChI is InChI=1S/C15H14Cl2FNO/c16-12-2-1-3-13(17)11(12)9-20-15-5-4-10(6-7-19)8-14(15)18/h1-5,8H,6-7,9,19H2. The molecule has 2 nitrogen and oxygen atoms in total. The van der Waals surface area contributed by atoms with Crippen LogP contribution in [0.15, 0.2) is 36.4 Å². The Labute approximate surface area is 127 Å². The molecule has 20 heavy (non-hydrogen) atoms. The molecule has 0 radical (unpaired) electrons. The summed E-state index contributed by atoms with van der Waals surface area (Å²) in [5.74, 6) is -0.249. The molecule has 2 aromatic carbocycles. The molecule has 2 N–H and O–H groups in total. The third-order valence-electron chi connectivity index (χ3n) is 2.86. The summed E-state index contributed by atoms with van der Waals surface area (Å²) in [5.41, 5.74) is 6.91. The topological polar surface area (TPSA) is 35.2 Å². The van der Waals surface area contributed by atoms with Crippen LogP contribution in [0.4, 0.5) is 4.39 Å². The molecule has 5 heteroatoms. The van der Waals surface area contributed by atoms with Crippen molar-refractivity contribution in [3.8, 4) is 5.75 Å². The SMILES string of the molecule is NCCc1ccc(OCc2c(Cl)cccc2Cl)c(F)c1. The number of ether oxygens (including phenoxy) is 1. The summed E-state index contributed by atoms with van der Waals surface area (Å²) in [6, 6.07) is 9.98. The number of benzene rings is 2. The molecular formula is C15H14Cl2FNO. The molecule has 0 aromatic heterocycles. The van der Waals surface area contributed by atoms with Gasteiger partial charge in [0.2, 0.25) is 0 Å². The highest BCUT2D eigenvalue weighted by molar-refractivity contribution is 6.35. The van der Waals surface area contributed by atoms with Crippen molar-refractivity contribution in [2.75, 3.05) is 6.54 Å². The van der Waals surface area contributed by atoms with E-state index in [9.17, 15) is 4.39 Å². The highest BCUT2D eigenvalue weighted by Crippen LogP contribution is 2.27. The van der Waals surface area contributed by atoms with Gasteiger partial charge in [0.15, 0.2) is 11.6 Å². The quantitative estimate of drug-likeness (QED) is 0.897. The van der Waals surface area contributed by atoms with Crippen LogP contribution in [0, 0.1) is 5.82 Å². The van der Waals surface area contributed by atoms with E-state index in [1.807, 2.05) is 0 Å². The second kappa shape index (κ2) is 6.93. The molecule has 0 aliphatic heterocycles. The van der Waals surface area contributed by atoms with Gasteiger partial charge >= 0.3 is 0 Å². The fourth-order valence-corrected chi connectivity index (χ4v) is 2.31. The lowest BCUT2D eigenvalue weighted by atomic mass is 10.1. The maximum Gasteiger partial charge on any atom is 0.165 e. The van der Waals surface area contributed by atoms with Crippen molar-refractivity contribution in [1.29, 1.82) is 0 Å². The van der Waals surface area contributed by atoms with E-state index >= 15 is 0 Å². The van der Waals surface area contributed by atoms with Crippen LogP contribution in [-0.4, -0.2) is 6.54 Å². The molecule has 0 heterocycles. The average Bonchev–Trinajstić information content (AvgIpc) is 2.40. The number of rotatable bonds is 5. The first-order chi connectivity index (χ1) is 9.61. The van der Waals surface area contributed by atoms with E-state index in [1.165, 1.54) is 6.07 Å². The summed E-state index contributed by atoms with van der Waals surface area (Å²) < 4.78 is 19.3. The normalized spacial score (nSPS) is 10.6. The zero-order chi connectivity index (χ0) is 14.5. The van der Waals surface area contributed by atoms with E-state index in [1.54, 1.807) is 30.3 Å². The van der Waals surface area contributed by atoms with E-state index in [-0.39, 0.29) is 12.4 Å². The molecule has 106 valence electrons. The van der Waals surface area contributed by atoms with E-state index in [0.29, 0.717) is 28.6 Å². The van der Waals surface area contributed by atoms with Crippen molar-refractivity contribution >= 4 is 23.2 Å². The van der Waals surface area contributed by atoms with Crippen LogP contribution in [0.25, 0.3) is 0 Å². The predicted octanol–water partition coefficient (Wildman–Crippen LogP) is 4.21. The molecule has 0 saturated carbocycles. The van der Waals surface area contributed by atoms with Gasteiger partial charge < -0.3 is 10.5 Å². The predicted molar refractivity (Wildman–Crippen MR) is 80.0 cm³/mol. The van der Waals surface area contributed by atoms with Crippen LogP contribution in [0.2, 0.25) is 10.0 Å². The Bertz CT molecular complexity index is 584. The van der Waals surface area contributed by atoms with Gasteiger partial charge in [-0.1, -0.05) is 35.3 Å². The van der Waals surface area contributed by atoms with Crippen LogP contribution < -0.4 is 10.5 Å². The average molecular weight is 314 g/mol. The van der Waals surface area contributed by atoms with Gasteiger partial charge in [-0.15, -0.1) is 0 Å². The van der Waals surface area contributed by atoms with Crippen molar-refractivity contribution in [3.63, 3.8) is 0 Å². The first kappa shape index (κ1) is 15.1. The van der Waals surface area contributed by atoms with Crippen LogP contribution >= 0.6 is 23.2 Å². The Morgan fingerprint density at radius 2 is 1.80 bits per heavy atom. The molecule has 0 saturated heterocycles. The molecule has 0 amide bonds. The molecule has 2 rings (SSSR count). The number of nitrogens with two attached hydrogens (primary N) is 1. The van der Waals surface area contributed by atoms with Gasteiger partial charge in [-0.25, -0.2) is 4.39 Å². The van der Waals surface area contributed by atoms with Gasteiger partial charge in [-0.3, -0.25) is 0 Å². The second-order valence-electron chi connectivity index (χ2n) is 4.29. The molecule has 0 aliphatic rings. The largest absolute Gasteiger partial charge is 0.486 e. The Morgan fingerprint density at radius 1 is 1.10 bits per heavy atom. The molecule has 2 aromatic rings. The van der Waals surface area contributed by atoms with Crippen LogP contribution in [0.5, 0.6) is 5.75 Å². The van der Waals surface area contributed by atoms with E-state index in [0.717, 1.165) is 5.56 Å². The Balaban J connectivity index is 2.11. The zero-order valence-corrected chi connectivity index (χ0v) is 12.2. The van der Waals surface area contributed by atoms with Crippen LogP contribution in [-0.2, 0) is 13.0 Å². The second-order valence-corrected chi connectivity index (χ2v) is 5.11. The highest BCUT2D eigenvalue weighted by atomic mass is 35.5. The summed E-state index contributed by atoms with van der Waals surface area (Å²) in [4.78, 5) is 0. The third kappa shape index (κ3) is 3.63. The fraction of sp³-hybridized carbons (Fsp3) is 0.200. The van der Waals surface area contributed by atoms with Crippen molar-refractivity contribution in [2.45, 2.75) is 13.0 Å². The van der Waals surface area contributed by atoms with Gasteiger partial charge in [0, 0.05) is 15.6 Å². The van der Waals surface area contributed by atoms with Gasteiger partial charge in [0.1, 0.15) is 6.61 Å². The molecule has 0 fully saturated rings. The summed E-state index contributed by atoms with van der Waals surface area (Å²) in [7, 11) is 0.